The summed E-state index contributed by atoms with van der Waals surface area (Å²) in [6, 6.07) is 2.47. The molecular weight excluding hydrogens is 337 g/mol. The van der Waals surface area contributed by atoms with Gasteiger partial charge in [0.2, 0.25) is 10.0 Å². The predicted octanol–water partition coefficient (Wildman–Crippen LogP) is 2.29. The molecule has 5 nitrogen and oxygen atoms in total. The lowest BCUT2D eigenvalue weighted by Gasteiger charge is -2.34. The highest BCUT2D eigenvalue weighted by Gasteiger charge is 2.34. The van der Waals surface area contributed by atoms with Crippen LogP contribution in [0.2, 0.25) is 10.0 Å². The van der Waals surface area contributed by atoms with E-state index >= 15 is 0 Å². The highest BCUT2D eigenvalue weighted by Crippen LogP contribution is 2.32. The lowest BCUT2D eigenvalue weighted by molar-refractivity contribution is 0.0314. The summed E-state index contributed by atoms with van der Waals surface area (Å²) in [7, 11) is -3.75. The van der Waals surface area contributed by atoms with E-state index in [0.29, 0.717) is 25.2 Å². The molecule has 1 saturated heterocycles. The van der Waals surface area contributed by atoms with Gasteiger partial charge in [0.15, 0.2) is 0 Å². The molecule has 0 saturated carbocycles. The van der Waals surface area contributed by atoms with Gasteiger partial charge in [0.05, 0.1) is 24.8 Å². The monoisotopic (exact) mass is 353 g/mol. The van der Waals surface area contributed by atoms with Crippen molar-refractivity contribution >= 4 is 33.2 Å². The van der Waals surface area contributed by atoms with E-state index in [1.54, 1.807) is 0 Å². The van der Waals surface area contributed by atoms with Gasteiger partial charge in [-0.3, -0.25) is 0 Å². The van der Waals surface area contributed by atoms with E-state index in [4.69, 9.17) is 27.9 Å². The Morgan fingerprint density at radius 3 is 2.71 bits per heavy atom. The van der Waals surface area contributed by atoms with Crippen molar-refractivity contribution in [2.45, 2.75) is 30.9 Å². The molecule has 1 fully saturated rings. The molecule has 1 N–H and O–H groups in total. The molecule has 1 heterocycles. The largest absolute Gasteiger partial charge is 0.392 e. The summed E-state index contributed by atoms with van der Waals surface area (Å²) in [6.07, 6.45) is 0.650. The van der Waals surface area contributed by atoms with Crippen LogP contribution in [0.15, 0.2) is 17.0 Å². The summed E-state index contributed by atoms with van der Waals surface area (Å²) in [5.74, 6) is 0. The predicted molar refractivity (Wildman–Crippen MR) is 81.2 cm³/mol. The molecule has 0 aliphatic carbocycles. The number of rotatable bonds is 4. The second-order valence-corrected chi connectivity index (χ2v) is 7.46. The van der Waals surface area contributed by atoms with E-state index in [1.807, 2.05) is 6.92 Å². The normalized spacial score (nSPS) is 20.7. The average Bonchev–Trinajstić information content (AvgIpc) is 2.47. The number of hydrogen-bond acceptors (Lipinski definition) is 4. The zero-order valence-electron chi connectivity index (χ0n) is 11.6. The van der Waals surface area contributed by atoms with Gasteiger partial charge >= 0.3 is 0 Å². The van der Waals surface area contributed by atoms with Crippen LogP contribution in [0, 0.1) is 0 Å². The molecule has 1 unspecified atom stereocenters. The topological polar surface area (TPSA) is 66.8 Å². The minimum Gasteiger partial charge on any atom is -0.392 e. The summed E-state index contributed by atoms with van der Waals surface area (Å²) in [5.41, 5.74) is 0.334. The van der Waals surface area contributed by atoms with Crippen molar-refractivity contribution in [1.82, 2.24) is 4.31 Å². The van der Waals surface area contributed by atoms with E-state index in [2.05, 4.69) is 0 Å². The van der Waals surface area contributed by atoms with Gasteiger partial charge in [0, 0.05) is 17.6 Å². The fraction of sp³-hybridized carbons (Fsp3) is 0.538. The Balaban J connectivity index is 2.48. The number of halogens is 2. The highest BCUT2D eigenvalue weighted by atomic mass is 35.5. The molecule has 0 bridgehead atoms. The van der Waals surface area contributed by atoms with Gasteiger partial charge in [-0.15, -0.1) is 0 Å². The molecule has 2 rings (SSSR count). The summed E-state index contributed by atoms with van der Waals surface area (Å²) in [5, 5.41) is 9.55. The van der Waals surface area contributed by atoms with E-state index in [-0.39, 0.29) is 34.1 Å². The lowest BCUT2D eigenvalue weighted by atomic mass is 10.2. The van der Waals surface area contributed by atoms with E-state index in [1.165, 1.54) is 16.4 Å². The second kappa shape index (κ2) is 6.81. The maximum atomic E-state index is 12.8. The minimum absolute atomic E-state index is 0.0297. The van der Waals surface area contributed by atoms with E-state index in [0.717, 1.165) is 0 Å². The molecule has 1 aliphatic rings. The summed E-state index contributed by atoms with van der Waals surface area (Å²) < 4.78 is 32.4. The van der Waals surface area contributed by atoms with Gasteiger partial charge in [-0.1, -0.05) is 30.1 Å². The van der Waals surface area contributed by atoms with Gasteiger partial charge < -0.3 is 9.84 Å². The first-order valence-electron chi connectivity index (χ1n) is 6.60. The summed E-state index contributed by atoms with van der Waals surface area (Å²) in [4.78, 5) is -0.0297. The number of aliphatic hydroxyl groups is 1. The molecule has 1 aliphatic heterocycles. The molecule has 1 aromatic rings. The van der Waals surface area contributed by atoms with Crippen LogP contribution in [-0.2, 0) is 21.4 Å². The van der Waals surface area contributed by atoms with Gasteiger partial charge in [-0.2, -0.15) is 4.31 Å². The molecule has 21 heavy (non-hydrogen) atoms. The third kappa shape index (κ3) is 3.36. The molecule has 1 atom stereocenters. The minimum atomic E-state index is -3.75. The van der Waals surface area contributed by atoms with Crippen molar-refractivity contribution in [2.24, 2.45) is 0 Å². The number of nitrogens with zero attached hydrogens (tertiary/aromatic N) is 1. The van der Waals surface area contributed by atoms with E-state index in [9.17, 15) is 13.5 Å². The van der Waals surface area contributed by atoms with Crippen molar-refractivity contribution in [1.29, 1.82) is 0 Å². The summed E-state index contributed by atoms with van der Waals surface area (Å²) >= 11 is 12.0. The third-order valence-corrected chi connectivity index (χ3v) is 6.27. The van der Waals surface area contributed by atoms with Crippen LogP contribution in [0.25, 0.3) is 0 Å². The maximum Gasteiger partial charge on any atom is 0.244 e. The van der Waals surface area contributed by atoms with Gasteiger partial charge in [-0.25, -0.2) is 8.42 Å². The molecule has 8 heteroatoms. The Morgan fingerprint density at radius 2 is 2.10 bits per heavy atom. The molecular formula is C13H17Cl2NO4S. The Kier molecular flexibility index (Phi) is 5.51. The van der Waals surface area contributed by atoms with Crippen LogP contribution in [0.5, 0.6) is 0 Å². The first-order chi connectivity index (χ1) is 9.91. The molecule has 0 amide bonds. The van der Waals surface area contributed by atoms with Crippen LogP contribution in [0.4, 0.5) is 0 Å². The third-order valence-electron chi connectivity index (χ3n) is 3.50. The van der Waals surface area contributed by atoms with Gasteiger partial charge in [-0.05, 0) is 24.1 Å². The van der Waals surface area contributed by atoms with Gasteiger partial charge in [0.1, 0.15) is 4.90 Å². The van der Waals surface area contributed by atoms with Crippen molar-refractivity contribution in [3.05, 3.63) is 27.7 Å². The van der Waals surface area contributed by atoms with Crippen LogP contribution < -0.4 is 0 Å². The van der Waals surface area contributed by atoms with Crippen molar-refractivity contribution in [3.8, 4) is 0 Å². The fourth-order valence-corrected chi connectivity index (χ4v) is 4.80. The molecule has 0 radical (unpaired) electrons. The lowest BCUT2D eigenvalue weighted by Crippen LogP contribution is -2.48. The molecule has 0 aromatic heterocycles. The van der Waals surface area contributed by atoms with Crippen molar-refractivity contribution < 1.29 is 18.3 Å². The zero-order valence-corrected chi connectivity index (χ0v) is 13.9. The first kappa shape index (κ1) is 17.0. The van der Waals surface area contributed by atoms with Crippen LogP contribution in [0.1, 0.15) is 18.9 Å². The quantitative estimate of drug-likeness (QED) is 0.901. The molecule has 0 spiro atoms. The van der Waals surface area contributed by atoms with Crippen LogP contribution in [0.3, 0.4) is 0 Å². The zero-order chi connectivity index (χ0) is 15.6. The maximum absolute atomic E-state index is 12.8. The highest BCUT2D eigenvalue weighted by molar-refractivity contribution is 7.89. The smallest absolute Gasteiger partial charge is 0.244 e. The van der Waals surface area contributed by atoms with Crippen LogP contribution in [-0.4, -0.2) is 43.6 Å². The number of benzene rings is 1. The number of sulfonamides is 1. The Labute approximate surface area is 134 Å². The average molecular weight is 354 g/mol. The number of aliphatic hydroxyl groups excluding tert-OH is 1. The fourth-order valence-electron chi connectivity index (χ4n) is 2.29. The Morgan fingerprint density at radius 1 is 1.38 bits per heavy atom. The SMILES string of the molecule is CCC1COCCN1S(=O)(=O)c1cc(CO)c(Cl)cc1Cl. The Hall–Kier alpha value is -0.370. The first-order valence-corrected chi connectivity index (χ1v) is 8.79. The van der Waals surface area contributed by atoms with Crippen LogP contribution >= 0.6 is 23.2 Å². The number of morpholine rings is 1. The standard InChI is InChI=1S/C13H17Cl2NO4S/c1-2-10-8-20-4-3-16(10)21(18,19)13-5-9(7-17)11(14)6-12(13)15/h5-6,10,17H,2-4,7-8H2,1H3. The van der Waals surface area contributed by atoms with Crippen molar-refractivity contribution in [2.75, 3.05) is 19.8 Å². The number of ether oxygens (including phenoxy) is 1. The molecule has 118 valence electrons. The van der Waals surface area contributed by atoms with Crippen molar-refractivity contribution in [3.63, 3.8) is 0 Å². The summed E-state index contributed by atoms with van der Waals surface area (Å²) in [6.45, 7) is 2.57. The number of hydrogen-bond donors (Lipinski definition) is 1. The second-order valence-electron chi connectivity index (χ2n) is 4.78. The molecule has 1 aromatic carbocycles. The van der Waals surface area contributed by atoms with Gasteiger partial charge in [0.25, 0.3) is 0 Å². The Bertz CT molecular complexity index is 621. The van der Waals surface area contributed by atoms with E-state index < -0.39 is 10.0 Å².